The van der Waals surface area contributed by atoms with Crippen LogP contribution in [0.1, 0.15) is 54.0 Å². The highest BCUT2D eigenvalue weighted by Gasteiger charge is 2.41. The average molecular weight is 851 g/mol. The standard InChI is InChI=1S/C45H58N2O14/c1-13-47(14-2)37-17-15-35(16-18-37)21-36(22-46)43(53)55-19-20-61-45(28-59-41(51)33(9)10,29-60-42(52)34(11)12)27-54-23-44(24-56-38(48)30(3)4,25-57-39(49)31(5)6)26-58-40(50)32(7)8/h15-18,21H,3,5,7,9,11,13-14,19-20,23-29H2,1-2,4,6,8,10,12H3/b36-21+. The summed E-state index contributed by atoms with van der Waals surface area (Å²) in [5, 5.41) is 9.76. The van der Waals surface area contributed by atoms with Crippen molar-refractivity contribution < 1.29 is 66.7 Å². The second-order valence-corrected chi connectivity index (χ2v) is 14.4. The lowest BCUT2D eigenvalue weighted by atomic mass is 9.91. The van der Waals surface area contributed by atoms with E-state index in [0.717, 1.165) is 18.8 Å². The molecule has 1 rings (SSSR count). The predicted octanol–water partition coefficient (Wildman–Crippen LogP) is 5.34. The Hall–Kier alpha value is -6.31. The molecular weight excluding hydrogens is 792 g/mol. The SMILES string of the molecule is C=C(C)C(=O)OCC(COCC(COC(=O)C(=C)C)(COC(=O)C(=C)C)OCCOC(=O)/C(C#N)=C/c1ccc(N(CC)CC)cc1)(COC(=O)C(=C)C)COC(=O)C(=C)C. The summed E-state index contributed by atoms with van der Waals surface area (Å²) in [6.07, 6.45) is 1.38. The van der Waals surface area contributed by atoms with E-state index in [1.54, 1.807) is 12.1 Å². The molecule has 16 nitrogen and oxygen atoms in total. The van der Waals surface area contributed by atoms with Crippen LogP contribution in [0.25, 0.3) is 6.08 Å². The number of nitriles is 1. The Morgan fingerprint density at radius 1 is 0.574 bits per heavy atom. The molecule has 1 aromatic carbocycles. The van der Waals surface area contributed by atoms with Crippen molar-refractivity contribution in [2.75, 3.05) is 77.5 Å². The Morgan fingerprint density at radius 3 is 1.33 bits per heavy atom. The minimum Gasteiger partial charge on any atom is -0.461 e. The molecule has 1 aromatic rings. The molecule has 0 unspecified atom stereocenters. The minimum absolute atomic E-state index is 0.0261. The summed E-state index contributed by atoms with van der Waals surface area (Å²) in [6, 6.07) is 9.12. The first kappa shape index (κ1) is 52.7. The number of carbonyl (C=O) groups excluding carboxylic acids is 6. The molecule has 0 N–H and O–H groups in total. The van der Waals surface area contributed by atoms with Gasteiger partial charge in [0.2, 0.25) is 0 Å². The van der Waals surface area contributed by atoms with E-state index in [1.807, 2.05) is 32.0 Å². The molecular formula is C45H58N2O14. The van der Waals surface area contributed by atoms with Crippen LogP contribution in [0.5, 0.6) is 0 Å². The smallest absolute Gasteiger partial charge is 0.348 e. The van der Waals surface area contributed by atoms with Crippen LogP contribution in [0.2, 0.25) is 0 Å². The fourth-order valence-electron chi connectivity index (χ4n) is 4.76. The third-order valence-corrected chi connectivity index (χ3v) is 8.37. The minimum atomic E-state index is -1.84. The maximum atomic E-state index is 13.0. The van der Waals surface area contributed by atoms with Crippen LogP contribution < -0.4 is 4.90 Å². The van der Waals surface area contributed by atoms with Gasteiger partial charge in [0.05, 0.1) is 25.2 Å². The van der Waals surface area contributed by atoms with E-state index in [1.165, 1.54) is 40.7 Å². The number of hydrogen-bond donors (Lipinski definition) is 0. The summed E-state index contributed by atoms with van der Waals surface area (Å²) in [4.78, 5) is 78.0. The van der Waals surface area contributed by atoms with Crippen LogP contribution in [0, 0.1) is 16.7 Å². The number of nitrogens with zero attached hydrogens (tertiary/aromatic N) is 2. The highest BCUT2D eigenvalue weighted by Crippen LogP contribution is 2.25. The summed E-state index contributed by atoms with van der Waals surface area (Å²) in [7, 11) is 0. The molecule has 0 heterocycles. The van der Waals surface area contributed by atoms with Gasteiger partial charge >= 0.3 is 35.8 Å². The lowest BCUT2D eigenvalue weighted by Gasteiger charge is -2.36. The van der Waals surface area contributed by atoms with Gasteiger partial charge in [-0.25, -0.2) is 28.8 Å². The summed E-state index contributed by atoms with van der Waals surface area (Å²) in [5.41, 5.74) is -1.97. The quantitative estimate of drug-likeness (QED) is 0.0343. The molecule has 332 valence electrons. The molecule has 0 aliphatic heterocycles. The maximum Gasteiger partial charge on any atom is 0.348 e. The molecule has 0 aliphatic rings. The Labute approximate surface area is 358 Å². The van der Waals surface area contributed by atoms with E-state index in [2.05, 4.69) is 37.8 Å². The first-order valence-corrected chi connectivity index (χ1v) is 19.1. The summed E-state index contributed by atoms with van der Waals surface area (Å²) < 4.78 is 44.7. The largest absolute Gasteiger partial charge is 0.461 e. The zero-order valence-electron chi connectivity index (χ0n) is 36.3. The lowest BCUT2D eigenvalue weighted by molar-refractivity contribution is -0.191. The van der Waals surface area contributed by atoms with Crippen molar-refractivity contribution in [3.05, 3.63) is 96.2 Å². The van der Waals surface area contributed by atoms with Crippen molar-refractivity contribution in [2.24, 2.45) is 5.41 Å². The molecule has 61 heavy (non-hydrogen) atoms. The molecule has 0 aliphatic carbocycles. The van der Waals surface area contributed by atoms with Crippen molar-refractivity contribution >= 4 is 47.6 Å². The molecule has 16 heteroatoms. The molecule has 0 amide bonds. The second kappa shape index (κ2) is 26.0. The van der Waals surface area contributed by atoms with Crippen LogP contribution in [-0.4, -0.2) is 114 Å². The van der Waals surface area contributed by atoms with Gasteiger partial charge in [-0.1, -0.05) is 45.0 Å². The predicted molar refractivity (Wildman–Crippen MR) is 225 cm³/mol. The molecule has 0 atom stereocenters. The Kier molecular flexibility index (Phi) is 22.5. The van der Waals surface area contributed by atoms with Gasteiger partial charge in [-0.2, -0.15) is 5.26 Å². The van der Waals surface area contributed by atoms with E-state index in [-0.39, 0.29) is 33.4 Å². The molecule has 0 bridgehead atoms. The topological polar surface area (TPSA) is 203 Å². The Bertz CT molecular complexity index is 1780. The van der Waals surface area contributed by atoms with Crippen LogP contribution in [0.3, 0.4) is 0 Å². The molecule has 0 spiro atoms. The molecule has 0 fully saturated rings. The van der Waals surface area contributed by atoms with Gasteiger partial charge in [0.1, 0.15) is 51.3 Å². The third-order valence-electron chi connectivity index (χ3n) is 8.37. The van der Waals surface area contributed by atoms with Crippen LogP contribution >= 0.6 is 0 Å². The number of hydrogen-bond acceptors (Lipinski definition) is 16. The normalized spacial score (nSPS) is 11.2. The van der Waals surface area contributed by atoms with Gasteiger partial charge in [-0.15, -0.1) is 0 Å². The number of carbonyl (C=O) groups is 6. The van der Waals surface area contributed by atoms with Crippen molar-refractivity contribution in [1.29, 1.82) is 5.26 Å². The Morgan fingerprint density at radius 2 is 0.967 bits per heavy atom. The first-order valence-electron chi connectivity index (χ1n) is 19.1. The zero-order valence-corrected chi connectivity index (χ0v) is 36.3. The number of esters is 6. The van der Waals surface area contributed by atoms with Crippen molar-refractivity contribution in [2.45, 2.75) is 54.1 Å². The van der Waals surface area contributed by atoms with Crippen molar-refractivity contribution in [3.63, 3.8) is 0 Å². The number of benzene rings is 1. The highest BCUT2D eigenvalue weighted by atomic mass is 16.6. The number of ether oxygens (including phenoxy) is 8. The van der Waals surface area contributed by atoms with E-state index < -0.39 is 106 Å². The monoisotopic (exact) mass is 850 g/mol. The summed E-state index contributed by atoms with van der Waals surface area (Å²) >= 11 is 0. The van der Waals surface area contributed by atoms with Crippen molar-refractivity contribution in [3.8, 4) is 6.07 Å². The van der Waals surface area contributed by atoms with Crippen LogP contribution in [0.15, 0.2) is 90.6 Å². The maximum absolute atomic E-state index is 13.0. The van der Waals surface area contributed by atoms with E-state index in [4.69, 9.17) is 37.9 Å². The fourth-order valence-corrected chi connectivity index (χ4v) is 4.76. The second-order valence-electron chi connectivity index (χ2n) is 14.4. The van der Waals surface area contributed by atoms with Gasteiger partial charge in [0.15, 0.2) is 5.60 Å². The van der Waals surface area contributed by atoms with Gasteiger partial charge in [-0.3, -0.25) is 0 Å². The molecule has 0 saturated carbocycles. The molecule has 0 saturated heterocycles. The van der Waals surface area contributed by atoms with Gasteiger partial charge < -0.3 is 42.8 Å². The molecule has 0 aromatic heterocycles. The van der Waals surface area contributed by atoms with E-state index >= 15 is 0 Å². The van der Waals surface area contributed by atoms with Crippen molar-refractivity contribution in [1.82, 2.24) is 0 Å². The Balaban J connectivity index is 3.54. The van der Waals surface area contributed by atoms with Crippen LogP contribution in [0.4, 0.5) is 5.69 Å². The zero-order chi connectivity index (χ0) is 46.3. The average Bonchev–Trinajstić information content (AvgIpc) is 3.22. The fraction of sp³-hybridized carbons (Fsp3) is 0.444. The van der Waals surface area contributed by atoms with Gasteiger partial charge in [0.25, 0.3) is 0 Å². The third kappa shape index (κ3) is 18.7. The van der Waals surface area contributed by atoms with E-state index in [0.29, 0.717) is 5.56 Å². The van der Waals surface area contributed by atoms with Gasteiger partial charge in [-0.05, 0) is 72.2 Å². The van der Waals surface area contributed by atoms with E-state index in [9.17, 15) is 34.0 Å². The number of anilines is 1. The summed E-state index contributed by atoms with van der Waals surface area (Å²) in [6.45, 7) is 25.9. The highest BCUT2D eigenvalue weighted by molar-refractivity contribution is 5.98. The number of rotatable bonds is 28. The van der Waals surface area contributed by atoms with Crippen LogP contribution in [-0.2, 0) is 66.7 Å². The first-order chi connectivity index (χ1) is 28.6. The molecule has 0 radical (unpaired) electrons. The lowest BCUT2D eigenvalue weighted by Crippen LogP contribution is -2.50. The summed E-state index contributed by atoms with van der Waals surface area (Å²) in [5.74, 6) is -5.05. The van der Waals surface area contributed by atoms with Gasteiger partial charge in [0, 0.05) is 46.6 Å².